The number of aromatic nitrogens is 2. The SMILES string of the molecule is Cc1cc(-c2ccccc2C)nc(C2CNCCO2)n1. The lowest BCUT2D eigenvalue weighted by Crippen LogP contribution is -2.34. The van der Waals surface area contributed by atoms with Crippen LogP contribution in [-0.4, -0.2) is 29.7 Å². The summed E-state index contributed by atoms with van der Waals surface area (Å²) in [6, 6.07) is 10.3. The first-order valence-electron chi connectivity index (χ1n) is 6.98. The average Bonchev–Trinajstić information content (AvgIpc) is 2.48. The van der Waals surface area contributed by atoms with Crippen molar-refractivity contribution in [1.29, 1.82) is 0 Å². The molecular formula is C16H19N3O. The van der Waals surface area contributed by atoms with E-state index in [9.17, 15) is 0 Å². The van der Waals surface area contributed by atoms with Crippen molar-refractivity contribution in [3.63, 3.8) is 0 Å². The predicted molar refractivity (Wildman–Crippen MR) is 78.5 cm³/mol. The van der Waals surface area contributed by atoms with Crippen LogP contribution in [0.25, 0.3) is 11.3 Å². The van der Waals surface area contributed by atoms with Gasteiger partial charge in [-0.2, -0.15) is 0 Å². The minimum Gasteiger partial charge on any atom is -0.368 e. The lowest BCUT2D eigenvalue weighted by atomic mass is 10.0. The highest BCUT2D eigenvalue weighted by molar-refractivity contribution is 5.63. The Morgan fingerprint density at radius 1 is 1.20 bits per heavy atom. The van der Waals surface area contributed by atoms with E-state index in [0.717, 1.165) is 35.9 Å². The fourth-order valence-electron chi connectivity index (χ4n) is 2.47. The van der Waals surface area contributed by atoms with Gasteiger partial charge in [-0.15, -0.1) is 0 Å². The van der Waals surface area contributed by atoms with E-state index in [1.807, 2.05) is 25.1 Å². The van der Waals surface area contributed by atoms with Crippen molar-refractivity contribution in [2.24, 2.45) is 0 Å². The molecule has 0 aliphatic carbocycles. The lowest BCUT2D eigenvalue weighted by Gasteiger charge is -2.23. The molecule has 4 heteroatoms. The Balaban J connectivity index is 2.00. The van der Waals surface area contributed by atoms with Crippen LogP contribution in [0.3, 0.4) is 0 Å². The Labute approximate surface area is 119 Å². The monoisotopic (exact) mass is 269 g/mol. The second-order valence-corrected chi connectivity index (χ2v) is 5.13. The van der Waals surface area contributed by atoms with Gasteiger partial charge in [0.15, 0.2) is 5.82 Å². The minimum absolute atomic E-state index is 0.0496. The van der Waals surface area contributed by atoms with Gasteiger partial charge in [0.25, 0.3) is 0 Å². The molecule has 2 heterocycles. The summed E-state index contributed by atoms with van der Waals surface area (Å²) < 4.78 is 5.75. The number of nitrogens with zero attached hydrogens (tertiary/aromatic N) is 2. The number of ether oxygens (including phenoxy) is 1. The molecule has 0 radical (unpaired) electrons. The van der Waals surface area contributed by atoms with E-state index in [4.69, 9.17) is 9.72 Å². The number of aryl methyl sites for hydroxylation is 2. The zero-order chi connectivity index (χ0) is 13.9. The fraction of sp³-hybridized carbons (Fsp3) is 0.375. The molecule has 1 aliphatic rings. The summed E-state index contributed by atoms with van der Waals surface area (Å²) in [4.78, 5) is 9.25. The van der Waals surface area contributed by atoms with E-state index in [1.165, 1.54) is 5.56 Å². The molecule has 1 N–H and O–H groups in total. The molecule has 1 unspecified atom stereocenters. The lowest BCUT2D eigenvalue weighted by molar-refractivity contribution is 0.0221. The molecule has 4 nitrogen and oxygen atoms in total. The summed E-state index contributed by atoms with van der Waals surface area (Å²) in [7, 11) is 0. The third kappa shape index (κ3) is 2.71. The molecule has 3 rings (SSSR count). The minimum atomic E-state index is -0.0496. The summed E-state index contributed by atoms with van der Waals surface area (Å²) in [5.74, 6) is 0.774. The number of benzene rings is 1. The largest absolute Gasteiger partial charge is 0.368 e. The first kappa shape index (κ1) is 13.2. The molecule has 20 heavy (non-hydrogen) atoms. The van der Waals surface area contributed by atoms with Crippen LogP contribution in [0.5, 0.6) is 0 Å². The van der Waals surface area contributed by atoms with Gasteiger partial charge in [-0.25, -0.2) is 9.97 Å². The molecule has 1 atom stereocenters. The van der Waals surface area contributed by atoms with Gasteiger partial charge < -0.3 is 10.1 Å². The molecule has 1 aromatic carbocycles. The van der Waals surface area contributed by atoms with Crippen LogP contribution in [-0.2, 0) is 4.74 Å². The second kappa shape index (κ2) is 5.69. The van der Waals surface area contributed by atoms with E-state index < -0.39 is 0 Å². The Kier molecular flexibility index (Phi) is 3.76. The van der Waals surface area contributed by atoms with E-state index >= 15 is 0 Å². The van der Waals surface area contributed by atoms with Crippen LogP contribution >= 0.6 is 0 Å². The average molecular weight is 269 g/mol. The number of morpholine rings is 1. The molecule has 0 amide bonds. The smallest absolute Gasteiger partial charge is 0.159 e. The zero-order valence-corrected chi connectivity index (χ0v) is 11.9. The summed E-state index contributed by atoms with van der Waals surface area (Å²) in [5, 5.41) is 3.32. The molecule has 1 aromatic heterocycles. The maximum Gasteiger partial charge on any atom is 0.159 e. The van der Waals surface area contributed by atoms with Gasteiger partial charge in [0, 0.05) is 24.3 Å². The first-order valence-corrected chi connectivity index (χ1v) is 6.98. The van der Waals surface area contributed by atoms with Gasteiger partial charge in [0.1, 0.15) is 6.10 Å². The summed E-state index contributed by atoms with van der Waals surface area (Å²) >= 11 is 0. The van der Waals surface area contributed by atoms with Crippen molar-refractivity contribution < 1.29 is 4.74 Å². The number of hydrogen-bond acceptors (Lipinski definition) is 4. The standard InChI is InChI=1S/C16H19N3O/c1-11-5-3-4-6-13(11)14-9-12(2)18-16(19-14)15-10-17-7-8-20-15/h3-6,9,15,17H,7-8,10H2,1-2H3. The molecule has 0 saturated carbocycles. The highest BCUT2D eigenvalue weighted by Gasteiger charge is 2.19. The van der Waals surface area contributed by atoms with Crippen molar-refractivity contribution in [2.45, 2.75) is 20.0 Å². The van der Waals surface area contributed by atoms with Crippen molar-refractivity contribution in [3.05, 3.63) is 47.4 Å². The van der Waals surface area contributed by atoms with Crippen molar-refractivity contribution >= 4 is 0 Å². The fourth-order valence-corrected chi connectivity index (χ4v) is 2.47. The zero-order valence-electron chi connectivity index (χ0n) is 11.9. The second-order valence-electron chi connectivity index (χ2n) is 5.13. The van der Waals surface area contributed by atoms with Crippen molar-refractivity contribution in [1.82, 2.24) is 15.3 Å². The van der Waals surface area contributed by atoms with Crippen LogP contribution < -0.4 is 5.32 Å². The molecule has 1 fully saturated rings. The van der Waals surface area contributed by atoms with E-state index in [-0.39, 0.29) is 6.10 Å². The third-order valence-electron chi connectivity index (χ3n) is 3.51. The molecular weight excluding hydrogens is 250 g/mol. The molecule has 0 bridgehead atoms. The summed E-state index contributed by atoms with van der Waals surface area (Å²) in [6.45, 7) is 6.49. The maximum atomic E-state index is 5.75. The quantitative estimate of drug-likeness (QED) is 0.909. The number of nitrogens with one attached hydrogen (secondary N) is 1. The van der Waals surface area contributed by atoms with Gasteiger partial charge in [-0.3, -0.25) is 0 Å². The highest BCUT2D eigenvalue weighted by atomic mass is 16.5. The number of rotatable bonds is 2. The summed E-state index contributed by atoms with van der Waals surface area (Å²) in [6.07, 6.45) is -0.0496. The van der Waals surface area contributed by atoms with Crippen LogP contribution in [0, 0.1) is 13.8 Å². The van der Waals surface area contributed by atoms with E-state index in [1.54, 1.807) is 0 Å². The summed E-state index contributed by atoms with van der Waals surface area (Å²) in [5.41, 5.74) is 4.32. The van der Waals surface area contributed by atoms with Gasteiger partial charge in [0.2, 0.25) is 0 Å². The molecule has 1 aliphatic heterocycles. The normalized spacial score (nSPS) is 19.0. The molecule has 2 aromatic rings. The van der Waals surface area contributed by atoms with E-state index in [0.29, 0.717) is 6.61 Å². The van der Waals surface area contributed by atoms with Crippen LogP contribution in [0.4, 0.5) is 0 Å². The van der Waals surface area contributed by atoms with Crippen LogP contribution in [0.1, 0.15) is 23.2 Å². The van der Waals surface area contributed by atoms with Crippen molar-refractivity contribution in [2.75, 3.05) is 19.7 Å². The Morgan fingerprint density at radius 3 is 2.80 bits per heavy atom. The van der Waals surface area contributed by atoms with Gasteiger partial charge >= 0.3 is 0 Å². The van der Waals surface area contributed by atoms with E-state index in [2.05, 4.69) is 29.4 Å². The van der Waals surface area contributed by atoms with Gasteiger partial charge in [0.05, 0.1) is 12.3 Å². The predicted octanol–water partition coefficient (Wildman–Crippen LogP) is 2.42. The number of hydrogen-bond donors (Lipinski definition) is 1. The molecule has 0 spiro atoms. The van der Waals surface area contributed by atoms with Crippen LogP contribution in [0.15, 0.2) is 30.3 Å². The maximum absolute atomic E-state index is 5.75. The molecule has 1 saturated heterocycles. The van der Waals surface area contributed by atoms with Gasteiger partial charge in [-0.05, 0) is 25.5 Å². The Bertz CT molecular complexity index is 606. The third-order valence-corrected chi connectivity index (χ3v) is 3.51. The topological polar surface area (TPSA) is 47.0 Å². The molecule has 104 valence electrons. The highest BCUT2D eigenvalue weighted by Crippen LogP contribution is 2.24. The van der Waals surface area contributed by atoms with Gasteiger partial charge in [-0.1, -0.05) is 24.3 Å². The Hall–Kier alpha value is -1.78. The Morgan fingerprint density at radius 2 is 2.05 bits per heavy atom. The van der Waals surface area contributed by atoms with Crippen LogP contribution in [0.2, 0.25) is 0 Å². The first-order chi connectivity index (χ1) is 9.74. The van der Waals surface area contributed by atoms with Crippen molar-refractivity contribution in [3.8, 4) is 11.3 Å².